The van der Waals surface area contributed by atoms with E-state index in [1.54, 1.807) is 0 Å². The second kappa shape index (κ2) is 8.69. The van der Waals surface area contributed by atoms with E-state index in [0.717, 1.165) is 0 Å². The molecule has 1 atom stereocenters. The molecule has 0 fully saturated rings. The Hall–Kier alpha value is -1.56. The molecule has 136 valence electrons. The van der Waals surface area contributed by atoms with Crippen LogP contribution >= 0.6 is 13.5 Å². The monoisotopic (exact) mass is 376 g/mol. The molecule has 1 unspecified atom stereocenters. The maximum Gasteiger partial charge on any atom is 0.305 e. The topological polar surface area (TPSA) is 46.5 Å². The SMILES string of the molecule is CC(CC(=O)O)O[Si](c1ccccc1)(c1ccccc1)C(C)(C)C.S. The van der Waals surface area contributed by atoms with Gasteiger partial charge in [0.1, 0.15) is 0 Å². The van der Waals surface area contributed by atoms with Crippen LogP contribution in [-0.2, 0) is 9.22 Å². The van der Waals surface area contributed by atoms with E-state index in [2.05, 4.69) is 45.0 Å². The lowest BCUT2D eigenvalue weighted by atomic mass is 10.2. The van der Waals surface area contributed by atoms with E-state index < -0.39 is 14.3 Å². The first-order valence-electron chi connectivity index (χ1n) is 8.28. The molecule has 0 saturated heterocycles. The zero-order valence-electron chi connectivity index (χ0n) is 15.3. The van der Waals surface area contributed by atoms with Gasteiger partial charge in [-0.2, -0.15) is 13.5 Å². The van der Waals surface area contributed by atoms with Gasteiger partial charge in [0.15, 0.2) is 0 Å². The quantitative estimate of drug-likeness (QED) is 0.785. The summed E-state index contributed by atoms with van der Waals surface area (Å²) in [5.74, 6) is -0.833. The highest BCUT2D eigenvalue weighted by Gasteiger charge is 2.51. The van der Waals surface area contributed by atoms with Crippen LogP contribution in [0.2, 0.25) is 5.04 Å². The Morgan fingerprint density at radius 1 is 1.00 bits per heavy atom. The maximum atomic E-state index is 11.2. The Kier molecular flexibility index (Phi) is 7.47. The fraction of sp³-hybridized carbons (Fsp3) is 0.350. The minimum Gasteiger partial charge on any atom is -0.481 e. The van der Waals surface area contributed by atoms with Gasteiger partial charge in [-0.25, -0.2) is 0 Å². The van der Waals surface area contributed by atoms with Gasteiger partial charge in [-0.05, 0) is 22.3 Å². The first kappa shape index (κ1) is 21.5. The van der Waals surface area contributed by atoms with Crippen LogP contribution in [0.1, 0.15) is 34.1 Å². The van der Waals surface area contributed by atoms with Gasteiger partial charge in [0, 0.05) is 0 Å². The summed E-state index contributed by atoms with van der Waals surface area (Å²) in [5.41, 5.74) is 0. The van der Waals surface area contributed by atoms with Crippen LogP contribution in [0.4, 0.5) is 0 Å². The van der Waals surface area contributed by atoms with Crippen molar-refractivity contribution in [2.75, 3.05) is 0 Å². The van der Waals surface area contributed by atoms with E-state index in [1.807, 2.05) is 43.3 Å². The van der Waals surface area contributed by atoms with Crippen LogP contribution in [0, 0.1) is 0 Å². The number of carboxylic acid groups (broad SMARTS) is 1. The van der Waals surface area contributed by atoms with E-state index >= 15 is 0 Å². The van der Waals surface area contributed by atoms with E-state index in [0.29, 0.717) is 0 Å². The predicted molar refractivity (Wildman–Crippen MR) is 111 cm³/mol. The van der Waals surface area contributed by atoms with Gasteiger partial charge in [0.2, 0.25) is 0 Å². The lowest BCUT2D eigenvalue weighted by Crippen LogP contribution is -2.67. The number of hydrogen-bond acceptors (Lipinski definition) is 2. The molecule has 0 heterocycles. The van der Waals surface area contributed by atoms with Gasteiger partial charge in [-0.3, -0.25) is 4.79 Å². The van der Waals surface area contributed by atoms with Crippen LogP contribution < -0.4 is 10.4 Å². The van der Waals surface area contributed by atoms with Crippen molar-refractivity contribution in [1.82, 2.24) is 0 Å². The van der Waals surface area contributed by atoms with Crippen LogP contribution in [0.5, 0.6) is 0 Å². The molecule has 0 radical (unpaired) electrons. The molecule has 1 N–H and O–H groups in total. The first-order chi connectivity index (χ1) is 11.3. The largest absolute Gasteiger partial charge is 0.481 e. The summed E-state index contributed by atoms with van der Waals surface area (Å²) in [5, 5.41) is 11.4. The standard InChI is InChI=1S/C20H26O3Si.H2S/c1-16(15-19(21)22)23-24(20(2,3)4,17-11-7-5-8-12-17)18-13-9-6-10-14-18;/h5-14,16H,15H2,1-4H3,(H,21,22);1H2. The lowest BCUT2D eigenvalue weighted by molar-refractivity contribution is -0.138. The zero-order chi connectivity index (χ0) is 17.8. The number of benzene rings is 2. The number of carboxylic acids is 1. The Balaban J connectivity index is 0.00000312. The molecule has 0 spiro atoms. The molecule has 25 heavy (non-hydrogen) atoms. The van der Waals surface area contributed by atoms with Crippen molar-refractivity contribution >= 4 is 38.2 Å². The molecule has 3 nitrogen and oxygen atoms in total. The van der Waals surface area contributed by atoms with Crippen molar-refractivity contribution < 1.29 is 14.3 Å². The molecule has 0 aliphatic carbocycles. The molecule has 2 aromatic rings. The molecule has 2 rings (SSSR count). The third-order valence-corrected chi connectivity index (χ3v) is 9.42. The highest BCUT2D eigenvalue weighted by atomic mass is 32.1. The summed E-state index contributed by atoms with van der Waals surface area (Å²) in [6.07, 6.45) is -0.348. The molecule has 0 aromatic heterocycles. The normalized spacial score (nSPS) is 13.0. The number of hydrogen-bond donors (Lipinski definition) is 1. The highest BCUT2D eigenvalue weighted by molar-refractivity contribution is 7.59. The van der Waals surface area contributed by atoms with E-state index in [-0.39, 0.29) is 31.1 Å². The average Bonchev–Trinajstić information content (AvgIpc) is 2.52. The van der Waals surface area contributed by atoms with E-state index in [9.17, 15) is 4.79 Å². The van der Waals surface area contributed by atoms with E-state index in [1.165, 1.54) is 10.4 Å². The Morgan fingerprint density at radius 3 is 1.72 bits per heavy atom. The molecule has 0 saturated carbocycles. The van der Waals surface area contributed by atoms with Crippen molar-refractivity contribution in [2.45, 2.75) is 45.3 Å². The summed E-state index contributed by atoms with van der Waals surface area (Å²) in [6, 6.07) is 20.5. The van der Waals surface area contributed by atoms with Crippen LogP contribution in [0.15, 0.2) is 60.7 Å². The number of aliphatic carboxylic acids is 1. The van der Waals surface area contributed by atoms with Crippen molar-refractivity contribution in [2.24, 2.45) is 0 Å². The van der Waals surface area contributed by atoms with Crippen molar-refractivity contribution in [3.05, 3.63) is 60.7 Å². The molecule has 2 aromatic carbocycles. The second-order valence-electron chi connectivity index (χ2n) is 7.19. The minimum absolute atomic E-state index is 0. The Bertz CT molecular complexity index is 629. The Morgan fingerprint density at radius 2 is 1.40 bits per heavy atom. The summed E-state index contributed by atoms with van der Waals surface area (Å²) in [4.78, 5) is 11.2. The van der Waals surface area contributed by atoms with Gasteiger partial charge < -0.3 is 9.53 Å². The molecular formula is C20H28O3SSi. The van der Waals surface area contributed by atoms with Crippen molar-refractivity contribution in [1.29, 1.82) is 0 Å². The average molecular weight is 377 g/mol. The van der Waals surface area contributed by atoms with Crippen molar-refractivity contribution in [3.8, 4) is 0 Å². The smallest absolute Gasteiger partial charge is 0.305 e. The summed E-state index contributed by atoms with van der Waals surface area (Å²) < 4.78 is 6.64. The van der Waals surface area contributed by atoms with Crippen molar-refractivity contribution in [3.63, 3.8) is 0 Å². The number of carbonyl (C=O) groups is 1. The van der Waals surface area contributed by atoms with E-state index in [4.69, 9.17) is 9.53 Å². The van der Waals surface area contributed by atoms with Gasteiger partial charge >= 0.3 is 5.97 Å². The van der Waals surface area contributed by atoms with Gasteiger partial charge in [-0.1, -0.05) is 81.4 Å². The van der Waals surface area contributed by atoms with Gasteiger partial charge in [0.05, 0.1) is 12.5 Å². The fourth-order valence-electron chi connectivity index (χ4n) is 3.28. The molecule has 5 heteroatoms. The second-order valence-corrected chi connectivity index (χ2v) is 11.4. The summed E-state index contributed by atoms with van der Waals surface area (Å²) >= 11 is 0. The third-order valence-electron chi connectivity index (χ3n) is 4.26. The molecular weight excluding hydrogens is 348 g/mol. The zero-order valence-corrected chi connectivity index (χ0v) is 17.3. The van der Waals surface area contributed by atoms with Crippen LogP contribution in [0.25, 0.3) is 0 Å². The van der Waals surface area contributed by atoms with Crippen LogP contribution in [0.3, 0.4) is 0 Å². The lowest BCUT2D eigenvalue weighted by Gasteiger charge is -2.44. The third kappa shape index (κ3) is 4.75. The molecule has 0 amide bonds. The number of rotatable bonds is 6. The molecule has 0 aliphatic heterocycles. The predicted octanol–water partition coefficient (Wildman–Crippen LogP) is 3.54. The fourth-order valence-corrected chi connectivity index (χ4v) is 7.98. The molecule has 0 aliphatic rings. The Labute approximate surface area is 158 Å². The first-order valence-corrected chi connectivity index (χ1v) is 10.2. The maximum absolute atomic E-state index is 11.2. The summed E-state index contributed by atoms with van der Waals surface area (Å²) in [6.45, 7) is 8.42. The highest BCUT2D eigenvalue weighted by Crippen LogP contribution is 2.37. The molecule has 0 bridgehead atoms. The van der Waals surface area contributed by atoms with Gasteiger partial charge in [0.25, 0.3) is 8.32 Å². The minimum atomic E-state index is -2.64. The van der Waals surface area contributed by atoms with Crippen LogP contribution in [-0.4, -0.2) is 25.5 Å². The summed E-state index contributed by atoms with van der Waals surface area (Å²) in [7, 11) is -2.64. The van der Waals surface area contributed by atoms with Gasteiger partial charge in [-0.15, -0.1) is 0 Å².